The molecule has 2 aliphatic rings. The molecule has 3 heterocycles. The fourth-order valence-electron chi connectivity index (χ4n) is 3.04. The van der Waals surface area contributed by atoms with Gasteiger partial charge in [-0.15, -0.1) is 0 Å². The first kappa shape index (κ1) is 15.0. The van der Waals surface area contributed by atoms with E-state index in [-0.39, 0.29) is 31.1 Å². The Morgan fingerprint density at radius 1 is 1.33 bits per heavy atom. The largest absolute Gasteiger partial charge is 0.454 e. The summed E-state index contributed by atoms with van der Waals surface area (Å²) >= 11 is 0. The molecule has 0 spiro atoms. The number of aliphatic hydroxyl groups is 1. The minimum absolute atomic E-state index is 0.0796. The Labute approximate surface area is 138 Å². The zero-order chi connectivity index (χ0) is 16.7. The fourth-order valence-corrected chi connectivity index (χ4v) is 3.04. The van der Waals surface area contributed by atoms with Gasteiger partial charge in [0.1, 0.15) is 6.61 Å². The van der Waals surface area contributed by atoms with Gasteiger partial charge in [-0.3, -0.25) is 4.79 Å². The van der Waals surface area contributed by atoms with E-state index in [1.807, 2.05) is 30.0 Å². The Hall–Kier alpha value is -2.54. The second-order valence-corrected chi connectivity index (χ2v) is 6.15. The minimum Gasteiger partial charge on any atom is -0.454 e. The molecule has 1 atom stereocenters. The number of aromatic nitrogens is 1. The number of benzene rings is 1. The number of hydrogen-bond acceptors (Lipinski definition) is 6. The summed E-state index contributed by atoms with van der Waals surface area (Å²) in [7, 11) is 0. The van der Waals surface area contributed by atoms with Crippen LogP contribution in [0.25, 0.3) is 0 Å². The number of nitrogens with zero attached hydrogens (tertiary/aromatic N) is 2. The molecule has 1 aromatic carbocycles. The first-order chi connectivity index (χ1) is 11.7. The number of amides is 1. The lowest BCUT2D eigenvalue weighted by molar-refractivity contribution is -0.137. The average Bonchev–Trinajstić information content (AvgIpc) is 3.20. The fraction of sp³-hybridized carbons (Fsp3) is 0.412. The molecule has 1 saturated heterocycles. The summed E-state index contributed by atoms with van der Waals surface area (Å²) in [5.41, 5.74) is 1.70. The van der Waals surface area contributed by atoms with Crippen molar-refractivity contribution in [2.24, 2.45) is 0 Å². The molecule has 1 fully saturated rings. The maximum atomic E-state index is 12.6. The van der Waals surface area contributed by atoms with Gasteiger partial charge >= 0.3 is 0 Å². The average molecular weight is 330 g/mol. The van der Waals surface area contributed by atoms with E-state index < -0.39 is 0 Å². The summed E-state index contributed by atoms with van der Waals surface area (Å²) in [4.78, 5) is 14.4. The van der Waals surface area contributed by atoms with Crippen molar-refractivity contribution < 1.29 is 23.9 Å². The van der Waals surface area contributed by atoms with Gasteiger partial charge in [-0.1, -0.05) is 11.2 Å². The minimum atomic E-state index is -0.245. The smallest absolute Gasteiger partial charge is 0.231 e. The first-order valence-corrected chi connectivity index (χ1v) is 7.90. The molecule has 0 saturated carbocycles. The van der Waals surface area contributed by atoms with E-state index in [0.29, 0.717) is 30.3 Å². The molecular formula is C17H18N2O5. The quantitative estimate of drug-likeness (QED) is 0.917. The van der Waals surface area contributed by atoms with Crippen LogP contribution < -0.4 is 9.47 Å². The highest BCUT2D eigenvalue weighted by molar-refractivity contribution is 5.84. The lowest BCUT2D eigenvalue weighted by Gasteiger charge is -2.39. The predicted molar refractivity (Wildman–Crippen MR) is 82.7 cm³/mol. The van der Waals surface area contributed by atoms with Crippen molar-refractivity contribution in [3.63, 3.8) is 0 Å². The normalized spacial score (nSPS) is 17.7. The third-order valence-corrected chi connectivity index (χ3v) is 4.61. The van der Waals surface area contributed by atoms with E-state index >= 15 is 0 Å². The molecule has 0 radical (unpaired) electrons. The molecule has 1 aromatic heterocycles. The third-order valence-electron chi connectivity index (χ3n) is 4.61. The third kappa shape index (κ3) is 2.50. The van der Waals surface area contributed by atoms with E-state index in [9.17, 15) is 4.79 Å². The second kappa shape index (κ2) is 5.83. The molecule has 126 valence electrons. The summed E-state index contributed by atoms with van der Waals surface area (Å²) in [6, 6.07) is 7.35. The highest BCUT2D eigenvalue weighted by Crippen LogP contribution is 2.36. The van der Waals surface area contributed by atoms with Crippen molar-refractivity contribution in [2.75, 3.05) is 19.9 Å². The van der Waals surface area contributed by atoms with Gasteiger partial charge < -0.3 is 24.0 Å². The number of carbonyl (C=O) groups excluding carboxylic acids is 1. The number of rotatable bonds is 4. The molecule has 24 heavy (non-hydrogen) atoms. The van der Waals surface area contributed by atoms with Crippen LogP contribution in [0.4, 0.5) is 0 Å². The molecule has 2 aliphatic heterocycles. The predicted octanol–water partition coefficient (Wildman–Crippen LogP) is 1.63. The number of aliphatic hydroxyl groups excluding tert-OH is 1. The van der Waals surface area contributed by atoms with Gasteiger partial charge in [0.15, 0.2) is 17.3 Å². The van der Waals surface area contributed by atoms with Crippen molar-refractivity contribution >= 4 is 5.91 Å². The Balaban J connectivity index is 1.40. The van der Waals surface area contributed by atoms with Crippen LogP contribution in [0.5, 0.6) is 11.5 Å². The molecular weight excluding hydrogens is 312 g/mol. The van der Waals surface area contributed by atoms with Gasteiger partial charge in [0, 0.05) is 25.1 Å². The first-order valence-electron chi connectivity index (χ1n) is 7.90. The molecule has 1 amide bonds. The van der Waals surface area contributed by atoms with Gasteiger partial charge in [-0.25, -0.2) is 0 Å². The van der Waals surface area contributed by atoms with Crippen LogP contribution >= 0.6 is 0 Å². The zero-order valence-corrected chi connectivity index (χ0v) is 13.3. The van der Waals surface area contributed by atoms with Crippen molar-refractivity contribution in [3.8, 4) is 11.5 Å². The highest BCUT2D eigenvalue weighted by atomic mass is 16.7. The van der Waals surface area contributed by atoms with Crippen LogP contribution in [-0.4, -0.2) is 41.0 Å². The summed E-state index contributed by atoms with van der Waals surface area (Å²) in [5.74, 6) is 1.85. The van der Waals surface area contributed by atoms with E-state index in [4.69, 9.17) is 19.1 Å². The van der Waals surface area contributed by atoms with Gasteiger partial charge in [0.2, 0.25) is 12.7 Å². The van der Waals surface area contributed by atoms with E-state index in [2.05, 4.69) is 5.16 Å². The SMILES string of the molecule is CC(C(=O)N1CC(c2cc(CO)on2)C1)c1ccc2c(c1)OCO2. The Bertz CT molecular complexity index is 766. The summed E-state index contributed by atoms with van der Waals surface area (Å²) < 4.78 is 15.7. The topological polar surface area (TPSA) is 85.0 Å². The zero-order valence-electron chi connectivity index (χ0n) is 13.3. The van der Waals surface area contributed by atoms with Gasteiger partial charge in [-0.05, 0) is 24.6 Å². The highest BCUT2D eigenvalue weighted by Gasteiger charge is 2.36. The van der Waals surface area contributed by atoms with Crippen LogP contribution in [0.1, 0.15) is 35.8 Å². The van der Waals surface area contributed by atoms with E-state index in [1.54, 1.807) is 6.07 Å². The van der Waals surface area contributed by atoms with Gasteiger partial charge in [0.05, 0.1) is 11.6 Å². The monoisotopic (exact) mass is 330 g/mol. The number of carbonyl (C=O) groups is 1. The summed E-state index contributed by atoms with van der Waals surface area (Å²) in [6.07, 6.45) is 0. The number of ether oxygens (including phenoxy) is 2. The van der Waals surface area contributed by atoms with Crippen molar-refractivity contribution in [2.45, 2.75) is 25.4 Å². The van der Waals surface area contributed by atoms with Crippen molar-refractivity contribution in [3.05, 3.63) is 41.3 Å². The standard InChI is InChI=1S/C17H18N2O5/c1-10(11-2-3-15-16(4-11)23-9-22-15)17(21)19-6-12(7-19)14-5-13(8-20)24-18-14/h2-5,10,12,20H,6-9H2,1H3. The maximum absolute atomic E-state index is 12.6. The molecule has 0 aliphatic carbocycles. The van der Waals surface area contributed by atoms with Crippen molar-refractivity contribution in [1.82, 2.24) is 10.1 Å². The molecule has 1 N–H and O–H groups in total. The van der Waals surface area contributed by atoms with Crippen LogP contribution in [0, 0.1) is 0 Å². The van der Waals surface area contributed by atoms with Crippen molar-refractivity contribution in [1.29, 1.82) is 0 Å². The van der Waals surface area contributed by atoms with Crippen LogP contribution in [-0.2, 0) is 11.4 Å². The number of hydrogen-bond donors (Lipinski definition) is 1. The molecule has 0 bridgehead atoms. The lowest BCUT2D eigenvalue weighted by atomic mass is 9.92. The lowest BCUT2D eigenvalue weighted by Crippen LogP contribution is -2.50. The summed E-state index contributed by atoms with van der Waals surface area (Å²) in [5, 5.41) is 13.0. The number of likely N-dealkylation sites (tertiary alicyclic amines) is 1. The molecule has 7 heteroatoms. The van der Waals surface area contributed by atoms with E-state index in [1.165, 1.54) is 0 Å². The Kier molecular flexibility index (Phi) is 3.65. The Morgan fingerprint density at radius 3 is 2.88 bits per heavy atom. The van der Waals surface area contributed by atoms with Crippen LogP contribution in [0.2, 0.25) is 0 Å². The molecule has 7 nitrogen and oxygen atoms in total. The molecule has 2 aromatic rings. The van der Waals surface area contributed by atoms with Crippen LogP contribution in [0.15, 0.2) is 28.8 Å². The van der Waals surface area contributed by atoms with Gasteiger partial charge in [-0.2, -0.15) is 0 Å². The number of fused-ring (bicyclic) bond motifs is 1. The Morgan fingerprint density at radius 2 is 2.12 bits per heavy atom. The molecule has 1 unspecified atom stereocenters. The maximum Gasteiger partial charge on any atom is 0.231 e. The van der Waals surface area contributed by atoms with Crippen LogP contribution in [0.3, 0.4) is 0 Å². The second-order valence-electron chi connectivity index (χ2n) is 6.15. The molecule has 4 rings (SSSR count). The van der Waals surface area contributed by atoms with Gasteiger partial charge in [0.25, 0.3) is 0 Å². The summed E-state index contributed by atoms with van der Waals surface area (Å²) in [6.45, 7) is 3.19. The van der Waals surface area contributed by atoms with E-state index in [0.717, 1.165) is 11.3 Å².